The van der Waals surface area contributed by atoms with Crippen LogP contribution in [0.3, 0.4) is 0 Å². The zero-order valence-electron chi connectivity index (χ0n) is 10.7. The van der Waals surface area contributed by atoms with Crippen molar-refractivity contribution >= 4 is 15.9 Å². The number of halogens is 1. The van der Waals surface area contributed by atoms with Crippen LogP contribution in [-0.4, -0.2) is 4.98 Å². The van der Waals surface area contributed by atoms with Crippen LogP contribution in [-0.2, 0) is 0 Å². The maximum atomic E-state index is 5.81. The van der Waals surface area contributed by atoms with Crippen LogP contribution in [0.15, 0.2) is 77.5 Å². The highest BCUT2D eigenvalue weighted by Crippen LogP contribution is 2.29. The van der Waals surface area contributed by atoms with Gasteiger partial charge in [-0.2, -0.15) is 0 Å². The van der Waals surface area contributed by atoms with Gasteiger partial charge in [0.15, 0.2) is 0 Å². The lowest BCUT2D eigenvalue weighted by atomic mass is 10.1. The molecule has 0 atom stereocenters. The summed E-state index contributed by atoms with van der Waals surface area (Å²) in [7, 11) is 0. The van der Waals surface area contributed by atoms with Crippen molar-refractivity contribution in [1.29, 1.82) is 0 Å². The highest BCUT2D eigenvalue weighted by Gasteiger charge is 2.03. The molecule has 20 heavy (non-hydrogen) atoms. The van der Waals surface area contributed by atoms with E-state index in [1.54, 1.807) is 12.4 Å². The van der Waals surface area contributed by atoms with Crippen molar-refractivity contribution in [2.75, 3.05) is 0 Å². The Balaban J connectivity index is 1.82. The maximum Gasteiger partial charge on any atom is 0.144 e. The molecule has 0 bridgehead atoms. The van der Waals surface area contributed by atoms with Crippen LogP contribution in [0.5, 0.6) is 11.5 Å². The fourth-order valence-electron chi connectivity index (χ4n) is 1.92. The maximum absolute atomic E-state index is 5.81. The van der Waals surface area contributed by atoms with Gasteiger partial charge in [-0.25, -0.2) is 0 Å². The monoisotopic (exact) mass is 325 g/mol. The van der Waals surface area contributed by atoms with Gasteiger partial charge in [0.25, 0.3) is 0 Å². The van der Waals surface area contributed by atoms with Gasteiger partial charge < -0.3 is 4.74 Å². The molecular weight excluding hydrogens is 314 g/mol. The first-order valence-electron chi connectivity index (χ1n) is 6.26. The summed E-state index contributed by atoms with van der Waals surface area (Å²) in [6.45, 7) is 0. The van der Waals surface area contributed by atoms with E-state index in [-0.39, 0.29) is 0 Å². The molecule has 2 aromatic carbocycles. The third kappa shape index (κ3) is 2.89. The Morgan fingerprint density at radius 3 is 2.20 bits per heavy atom. The standard InChI is InChI=1S/C17H12BrNO/c18-16-12-19-11-10-17(16)20-15-8-6-14(7-9-15)13-4-2-1-3-5-13/h1-12H. The molecule has 0 N–H and O–H groups in total. The van der Waals surface area contributed by atoms with Gasteiger partial charge in [-0.3, -0.25) is 4.98 Å². The quantitative estimate of drug-likeness (QED) is 0.651. The number of nitrogens with zero attached hydrogens (tertiary/aromatic N) is 1. The van der Waals surface area contributed by atoms with Crippen molar-refractivity contribution in [3.63, 3.8) is 0 Å². The molecule has 1 heterocycles. The number of pyridine rings is 1. The predicted molar refractivity (Wildman–Crippen MR) is 83.9 cm³/mol. The molecular formula is C17H12BrNO. The minimum absolute atomic E-state index is 0.757. The van der Waals surface area contributed by atoms with E-state index in [1.807, 2.05) is 36.4 Å². The van der Waals surface area contributed by atoms with Crippen molar-refractivity contribution in [2.24, 2.45) is 0 Å². The second-order valence-corrected chi connectivity index (χ2v) is 5.15. The highest BCUT2D eigenvalue weighted by molar-refractivity contribution is 9.10. The Kier molecular flexibility index (Phi) is 3.79. The molecule has 3 rings (SSSR count). The summed E-state index contributed by atoms with van der Waals surface area (Å²) < 4.78 is 6.65. The molecule has 0 aliphatic rings. The Bertz CT molecular complexity index is 696. The fraction of sp³-hybridized carbons (Fsp3) is 0. The van der Waals surface area contributed by atoms with Crippen molar-refractivity contribution in [3.8, 4) is 22.6 Å². The summed E-state index contributed by atoms with van der Waals surface area (Å²) in [5, 5.41) is 0. The average molecular weight is 326 g/mol. The molecule has 0 aliphatic carbocycles. The fourth-order valence-corrected chi connectivity index (χ4v) is 2.25. The van der Waals surface area contributed by atoms with Crippen LogP contribution in [0.1, 0.15) is 0 Å². The van der Waals surface area contributed by atoms with E-state index in [0.717, 1.165) is 16.0 Å². The average Bonchev–Trinajstić information content (AvgIpc) is 2.51. The lowest BCUT2D eigenvalue weighted by Crippen LogP contribution is -1.86. The molecule has 3 heteroatoms. The number of rotatable bonds is 3. The highest BCUT2D eigenvalue weighted by atomic mass is 79.9. The molecule has 0 fully saturated rings. The second-order valence-electron chi connectivity index (χ2n) is 4.30. The second kappa shape index (κ2) is 5.88. The van der Waals surface area contributed by atoms with Crippen LogP contribution in [0.4, 0.5) is 0 Å². The topological polar surface area (TPSA) is 22.1 Å². The van der Waals surface area contributed by atoms with E-state index >= 15 is 0 Å². The van der Waals surface area contributed by atoms with Crippen LogP contribution >= 0.6 is 15.9 Å². The largest absolute Gasteiger partial charge is 0.456 e. The van der Waals surface area contributed by atoms with Crippen molar-refractivity contribution in [3.05, 3.63) is 77.5 Å². The smallest absolute Gasteiger partial charge is 0.144 e. The third-order valence-corrected chi connectivity index (χ3v) is 3.52. The van der Waals surface area contributed by atoms with E-state index in [4.69, 9.17) is 4.74 Å². The first-order valence-corrected chi connectivity index (χ1v) is 7.05. The summed E-state index contributed by atoms with van der Waals surface area (Å²) in [6, 6.07) is 20.1. The van der Waals surface area contributed by atoms with Gasteiger partial charge in [-0.05, 0) is 39.2 Å². The molecule has 0 spiro atoms. The van der Waals surface area contributed by atoms with E-state index < -0.39 is 0 Å². The van der Waals surface area contributed by atoms with E-state index in [1.165, 1.54) is 11.1 Å². The lowest BCUT2D eigenvalue weighted by Gasteiger charge is -2.08. The van der Waals surface area contributed by atoms with Gasteiger partial charge in [0.1, 0.15) is 11.5 Å². The van der Waals surface area contributed by atoms with E-state index in [0.29, 0.717) is 0 Å². The van der Waals surface area contributed by atoms with Gasteiger partial charge in [0.2, 0.25) is 0 Å². The van der Waals surface area contributed by atoms with Crippen LogP contribution in [0.2, 0.25) is 0 Å². The SMILES string of the molecule is Brc1cnccc1Oc1ccc(-c2ccccc2)cc1. The number of hydrogen-bond acceptors (Lipinski definition) is 2. The predicted octanol–water partition coefficient (Wildman–Crippen LogP) is 5.30. The van der Waals surface area contributed by atoms with Crippen LogP contribution < -0.4 is 4.74 Å². The first kappa shape index (κ1) is 12.9. The van der Waals surface area contributed by atoms with Gasteiger partial charge in [0.05, 0.1) is 4.47 Å². The number of ether oxygens (including phenoxy) is 1. The number of benzene rings is 2. The molecule has 1 aromatic heterocycles. The first-order chi connectivity index (χ1) is 9.83. The van der Waals surface area contributed by atoms with Crippen LogP contribution in [0.25, 0.3) is 11.1 Å². The zero-order valence-corrected chi connectivity index (χ0v) is 12.2. The van der Waals surface area contributed by atoms with Gasteiger partial charge in [-0.1, -0.05) is 42.5 Å². The molecule has 0 radical (unpaired) electrons. The lowest BCUT2D eigenvalue weighted by molar-refractivity contribution is 0.479. The summed E-state index contributed by atoms with van der Waals surface area (Å²) in [6.07, 6.45) is 3.42. The summed E-state index contributed by atoms with van der Waals surface area (Å²) >= 11 is 3.42. The van der Waals surface area contributed by atoms with Crippen molar-refractivity contribution in [1.82, 2.24) is 4.98 Å². The van der Waals surface area contributed by atoms with Gasteiger partial charge in [-0.15, -0.1) is 0 Å². The Hall–Kier alpha value is -2.13. The molecule has 3 aromatic rings. The Labute approximate surface area is 126 Å². The molecule has 0 unspecified atom stereocenters. The van der Waals surface area contributed by atoms with E-state index in [2.05, 4.69) is 45.2 Å². The molecule has 0 saturated carbocycles. The molecule has 0 aliphatic heterocycles. The molecule has 98 valence electrons. The molecule has 0 saturated heterocycles. The summed E-state index contributed by atoms with van der Waals surface area (Å²) in [4.78, 5) is 4.01. The minimum atomic E-state index is 0.757. The summed E-state index contributed by atoms with van der Waals surface area (Å²) in [5.74, 6) is 1.56. The van der Waals surface area contributed by atoms with Crippen molar-refractivity contribution in [2.45, 2.75) is 0 Å². The molecule has 0 amide bonds. The Morgan fingerprint density at radius 1 is 0.800 bits per heavy atom. The Morgan fingerprint density at radius 2 is 1.50 bits per heavy atom. The third-order valence-electron chi connectivity index (χ3n) is 2.92. The van der Waals surface area contributed by atoms with Crippen molar-refractivity contribution < 1.29 is 4.74 Å². The summed E-state index contributed by atoms with van der Waals surface area (Å²) in [5.41, 5.74) is 2.37. The number of hydrogen-bond donors (Lipinski definition) is 0. The zero-order chi connectivity index (χ0) is 13.8. The van der Waals surface area contributed by atoms with Crippen LogP contribution in [0, 0.1) is 0 Å². The van der Waals surface area contributed by atoms with Gasteiger partial charge in [0, 0.05) is 18.5 Å². The normalized spacial score (nSPS) is 10.2. The molecule has 2 nitrogen and oxygen atoms in total. The van der Waals surface area contributed by atoms with E-state index in [9.17, 15) is 0 Å². The minimum Gasteiger partial charge on any atom is -0.456 e. The van der Waals surface area contributed by atoms with Gasteiger partial charge >= 0.3 is 0 Å². The number of aromatic nitrogens is 1.